The Morgan fingerprint density at radius 3 is 2.41 bits per heavy atom. The summed E-state index contributed by atoms with van der Waals surface area (Å²) in [7, 11) is -3.75. The largest absolute Gasteiger partial charge is 0.462 e. The van der Waals surface area contributed by atoms with E-state index in [0.29, 0.717) is 34.4 Å². The third-order valence-corrected chi connectivity index (χ3v) is 6.01. The van der Waals surface area contributed by atoms with E-state index in [0.717, 1.165) is 18.4 Å². The van der Waals surface area contributed by atoms with E-state index in [9.17, 15) is 13.2 Å². The number of sulfonamides is 1. The first kappa shape index (κ1) is 20.9. The van der Waals surface area contributed by atoms with Crippen molar-refractivity contribution in [2.45, 2.75) is 44.9 Å². The summed E-state index contributed by atoms with van der Waals surface area (Å²) in [4.78, 5) is 12.7. The molecule has 0 saturated carbocycles. The molecule has 1 aromatic heterocycles. The topological polar surface area (TPSA) is 85.6 Å². The van der Waals surface area contributed by atoms with Gasteiger partial charge in [0.2, 0.25) is 0 Å². The molecule has 29 heavy (non-hydrogen) atoms. The summed E-state index contributed by atoms with van der Waals surface area (Å²) in [6, 6.07) is 11.7. The quantitative estimate of drug-likeness (QED) is 0.528. The van der Waals surface area contributed by atoms with Crippen LogP contribution in [0.4, 0.5) is 5.69 Å². The molecule has 0 saturated heterocycles. The highest BCUT2D eigenvalue weighted by Crippen LogP contribution is 2.31. The number of carbonyl (C=O) groups excluding carboxylic acids is 1. The lowest BCUT2D eigenvalue weighted by atomic mass is 10.1. The second-order valence-electron chi connectivity index (χ2n) is 6.68. The third kappa shape index (κ3) is 4.45. The molecule has 6 nitrogen and oxygen atoms in total. The summed E-state index contributed by atoms with van der Waals surface area (Å²) in [5.41, 5.74) is 2.29. The zero-order chi connectivity index (χ0) is 21.0. The number of aryl methyl sites for hydroxylation is 2. The number of ether oxygens (including phenoxy) is 1. The lowest BCUT2D eigenvalue weighted by Crippen LogP contribution is -2.13. The smallest absolute Gasteiger partial charge is 0.342 e. The van der Waals surface area contributed by atoms with E-state index in [1.807, 2.05) is 13.8 Å². The Hall–Kier alpha value is -2.80. The molecule has 154 valence electrons. The maximum absolute atomic E-state index is 12.7. The van der Waals surface area contributed by atoms with E-state index in [2.05, 4.69) is 4.72 Å². The first-order valence-electron chi connectivity index (χ1n) is 9.73. The lowest BCUT2D eigenvalue weighted by molar-refractivity contribution is 0.0526. The molecule has 7 heteroatoms. The Bertz CT molecular complexity index is 1110. The van der Waals surface area contributed by atoms with Crippen molar-refractivity contribution in [3.05, 3.63) is 59.4 Å². The molecule has 1 N–H and O–H groups in total. The molecule has 3 aromatic rings. The fourth-order valence-electron chi connectivity index (χ4n) is 3.16. The summed E-state index contributed by atoms with van der Waals surface area (Å²) in [5.74, 6) is 0.0842. The fourth-order valence-corrected chi connectivity index (χ4v) is 4.21. The molecule has 0 fully saturated rings. The molecule has 1 heterocycles. The van der Waals surface area contributed by atoms with Crippen molar-refractivity contribution in [3.8, 4) is 0 Å². The SMILES string of the molecule is CCCc1oc2ccc(NS(=O)(=O)c3ccc(CC)cc3)cc2c1C(=O)OCC. The minimum atomic E-state index is -3.75. The van der Waals surface area contributed by atoms with Crippen LogP contribution in [0.3, 0.4) is 0 Å². The molecule has 0 aliphatic rings. The number of nitrogens with one attached hydrogen (secondary N) is 1. The number of rotatable bonds is 8. The molecule has 3 rings (SSSR count). The normalized spacial score (nSPS) is 11.6. The van der Waals surface area contributed by atoms with Crippen LogP contribution in [0.5, 0.6) is 0 Å². The zero-order valence-electron chi connectivity index (χ0n) is 16.8. The van der Waals surface area contributed by atoms with Crippen molar-refractivity contribution in [1.82, 2.24) is 0 Å². The summed E-state index contributed by atoms with van der Waals surface area (Å²) >= 11 is 0. The van der Waals surface area contributed by atoms with Crippen molar-refractivity contribution < 1.29 is 22.4 Å². The van der Waals surface area contributed by atoms with Gasteiger partial charge in [-0.1, -0.05) is 26.0 Å². The van der Waals surface area contributed by atoms with Gasteiger partial charge in [-0.25, -0.2) is 13.2 Å². The molecule has 0 unspecified atom stereocenters. The number of fused-ring (bicyclic) bond motifs is 1. The van der Waals surface area contributed by atoms with Crippen LogP contribution in [0.1, 0.15) is 48.9 Å². The van der Waals surface area contributed by atoms with Gasteiger partial charge in [0.1, 0.15) is 16.9 Å². The van der Waals surface area contributed by atoms with Crippen LogP contribution in [-0.4, -0.2) is 21.0 Å². The molecule has 0 radical (unpaired) electrons. The van der Waals surface area contributed by atoms with E-state index in [-0.39, 0.29) is 11.5 Å². The van der Waals surface area contributed by atoms with Crippen LogP contribution in [0.15, 0.2) is 51.8 Å². The average Bonchev–Trinajstić information content (AvgIpc) is 3.05. The predicted molar refractivity (Wildman–Crippen MR) is 113 cm³/mol. The number of benzene rings is 2. The van der Waals surface area contributed by atoms with Crippen LogP contribution in [0, 0.1) is 0 Å². The number of hydrogen-bond acceptors (Lipinski definition) is 5. The van der Waals surface area contributed by atoms with E-state index in [1.165, 1.54) is 0 Å². The number of esters is 1. The summed E-state index contributed by atoms with van der Waals surface area (Å²) in [6.45, 7) is 5.99. The second kappa shape index (κ2) is 8.69. The molecule has 0 aliphatic carbocycles. The second-order valence-corrected chi connectivity index (χ2v) is 8.37. The highest BCUT2D eigenvalue weighted by atomic mass is 32.2. The first-order valence-corrected chi connectivity index (χ1v) is 11.2. The average molecular weight is 416 g/mol. The van der Waals surface area contributed by atoms with E-state index >= 15 is 0 Å². The number of hydrogen-bond donors (Lipinski definition) is 1. The minimum absolute atomic E-state index is 0.180. The molecule has 0 bridgehead atoms. The number of anilines is 1. The predicted octanol–water partition coefficient (Wildman–Crippen LogP) is 4.93. The van der Waals surface area contributed by atoms with Gasteiger partial charge >= 0.3 is 5.97 Å². The van der Waals surface area contributed by atoms with E-state index in [4.69, 9.17) is 9.15 Å². The fraction of sp³-hybridized carbons (Fsp3) is 0.318. The Morgan fingerprint density at radius 2 is 1.79 bits per heavy atom. The van der Waals surface area contributed by atoms with Gasteiger partial charge in [0.15, 0.2) is 0 Å². The lowest BCUT2D eigenvalue weighted by Gasteiger charge is -2.09. The third-order valence-electron chi connectivity index (χ3n) is 4.61. The maximum Gasteiger partial charge on any atom is 0.342 e. The Labute approximate surface area is 170 Å². The monoisotopic (exact) mass is 415 g/mol. The molecule has 0 aliphatic heterocycles. The van der Waals surface area contributed by atoms with E-state index in [1.54, 1.807) is 49.4 Å². The van der Waals surface area contributed by atoms with Crippen molar-refractivity contribution in [2.75, 3.05) is 11.3 Å². The maximum atomic E-state index is 12.7. The van der Waals surface area contributed by atoms with Gasteiger partial charge in [-0.2, -0.15) is 0 Å². The molecule has 0 spiro atoms. The van der Waals surface area contributed by atoms with Crippen LogP contribution >= 0.6 is 0 Å². The molecular formula is C22H25NO5S. The number of carbonyl (C=O) groups is 1. The highest BCUT2D eigenvalue weighted by molar-refractivity contribution is 7.92. The standard InChI is InChI=1S/C22H25NO5S/c1-4-7-20-21(22(24)27-6-3)18-14-16(10-13-19(18)28-20)23-29(25,26)17-11-8-15(5-2)9-12-17/h8-14,23H,4-7H2,1-3H3. The van der Waals surface area contributed by atoms with Crippen molar-refractivity contribution in [2.24, 2.45) is 0 Å². The number of furan rings is 1. The first-order chi connectivity index (χ1) is 13.9. The van der Waals surface area contributed by atoms with Crippen LogP contribution < -0.4 is 4.72 Å². The van der Waals surface area contributed by atoms with Crippen molar-refractivity contribution in [1.29, 1.82) is 0 Å². The van der Waals surface area contributed by atoms with Crippen molar-refractivity contribution in [3.63, 3.8) is 0 Å². The Balaban J connectivity index is 1.99. The van der Waals surface area contributed by atoms with Gasteiger partial charge in [-0.3, -0.25) is 4.72 Å². The van der Waals surface area contributed by atoms with Gasteiger partial charge < -0.3 is 9.15 Å². The zero-order valence-corrected chi connectivity index (χ0v) is 17.6. The Kier molecular flexibility index (Phi) is 6.27. The van der Waals surface area contributed by atoms with E-state index < -0.39 is 16.0 Å². The van der Waals surface area contributed by atoms with Gasteiger partial charge in [0.25, 0.3) is 10.0 Å². The van der Waals surface area contributed by atoms with Crippen LogP contribution in [0.2, 0.25) is 0 Å². The summed E-state index contributed by atoms with van der Waals surface area (Å²) in [6.07, 6.45) is 2.23. The molecule has 0 amide bonds. The molecule has 0 atom stereocenters. The summed E-state index contributed by atoms with van der Waals surface area (Å²) < 4.78 is 39.1. The van der Waals surface area contributed by atoms with Gasteiger partial charge in [0, 0.05) is 17.5 Å². The summed E-state index contributed by atoms with van der Waals surface area (Å²) in [5, 5.41) is 0.536. The van der Waals surface area contributed by atoms with Crippen molar-refractivity contribution >= 4 is 32.6 Å². The minimum Gasteiger partial charge on any atom is -0.462 e. The molecule has 2 aromatic carbocycles. The Morgan fingerprint density at radius 1 is 1.07 bits per heavy atom. The van der Waals surface area contributed by atoms with Gasteiger partial charge in [0.05, 0.1) is 11.5 Å². The van der Waals surface area contributed by atoms with Crippen LogP contribution in [0.25, 0.3) is 11.0 Å². The van der Waals surface area contributed by atoms with Gasteiger partial charge in [-0.15, -0.1) is 0 Å². The highest BCUT2D eigenvalue weighted by Gasteiger charge is 2.22. The van der Waals surface area contributed by atoms with Gasteiger partial charge in [-0.05, 0) is 55.7 Å². The van der Waals surface area contributed by atoms with Crippen LogP contribution in [-0.2, 0) is 27.6 Å². The molecular weight excluding hydrogens is 390 g/mol.